The van der Waals surface area contributed by atoms with Crippen molar-refractivity contribution in [3.63, 3.8) is 0 Å². The van der Waals surface area contributed by atoms with Crippen LogP contribution in [0.4, 0.5) is 0 Å². The lowest BCUT2D eigenvalue weighted by Crippen LogP contribution is -2.50. The third-order valence-electron chi connectivity index (χ3n) is 2.88. The summed E-state index contributed by atoms with van der Waals surface area (Å²) < 4.78 is 26.0. The average Bonchev–Trinajstić information content (AvgIpc) is 2.18. The Morgan fingerprint density at radius 3 is 2.20 bits per heavy atom. The van der Waals surface area contributed by atoms with Crippen molar-refractivity contribution in [2.45, 2.75) is 56.7 Å². The molecule has 0 aromatic carbocycles. The van der Waals surface area contributed by atoms with Crippen LogP contribution in [0.25, 0.3) is 0 Å². The molecule has 1 aliphatic carbocycles. The Kier molecular flexibility index (Phi) is 3.74. The maximum Gasteiger partial charge on any atom is 0.215 e. The zero-order valence-electron chi connectivity index (χ0n) is 9.28. The van der Waals surface area contributed by atoms with Gasteiger partial charge in [0, 0.05) is 0 Å². The van der Waals surface area contributed by atoms with Gasteiger partial charge in [0.05, 0.1) is 11.3 Å². The highest BCUT2D eigenvalue weighted by molar-refractivity contribution is 7.90. The van der Waals surface area contributed by atoms with Gasteiger partial charge in [0.15, 0.2) is 0 Å². The molecule has 15 heavy (non-hydrogen) atoms. The SMILES string of the molecule is CC(C)S(=O)(=O)NC1(C#N)CCCCC1. The predicted octanol–water partition coefficient (Wildman–Crippen LogP) is 1.54. The van der Waals surface area contributed by atoms with Gasteiger partial charge in [-0.05, 0) is 26.7 Å². The zero-order chi connectivity index (χ0) is 11.5. The van der Waals surface area contributed by atoms with E-state index in [9.17, 15) is 8.42 Å². The van der Waals surface area contributed by atoms with Crippen molar-refractivity contribution < 1.29 is 8.42 Å². The molecule has 1 saturated carbocycles. The first kappa shape index (κ1) is 12.5. The van der Waals surface area contributed by atoms with Crippen molar-refractivity contribution in [1.29, 1.82) is 5.26 Å². The van der Waals surface area contributed by atoms with Gasteiger partial charge in [-0.15, -0.1) is 0 Å². The van der Waals surface area contributed by atoms with E-state index in [-0.39, 0.29) is 0 Å². The van der Waals surface area contributed by atoms with Crippen LogP contribution in [-0.4, -0.2) is 19.2 Å². The number of sulfonamides is 1. The van der Waals surface area contributed by atoms with E-state index in [0.29, 0.717) is 12.8 Å². The van der Waals surface area contributed by atoms with Crippen molar-refractivity contribution in [3.8, 4) is 6.07 Å². The fraction of sp³-hybridized carbons (Fsp3) is 0.900. The summed E-state index contributed by atoms with van der Waals surface area (Å²) in [5.74, 6) is 0. The maximum atomic E-state index is 11.7. The Labute approximate surface area is 91.7 Å². The fourth-order valence-electron chi connectivity index (χ4n) is 1.78. The van der Waals surface area contributed by atoms with Gasteiger partial charge in [0.25, 0.3) is 0 Å². The third kappa shape index (κ3) is 2.93. The number of hydrogen-bond donors (Lipinski definition) is 1. The molecule has 0 heterocycles. The van der Waals surface area contributed by atoms with E-state index in [4.69, 9.17) is 5.26 Å². The average molecular weight is 230 g/mol. The first-order chi connectivity index (χ1) is 6.92. The molecule has 4 nitrogen and oxygen atoms in total. The summed E-state index contributed by atoms with van der Waals surface area (Å²) in [4.78, 5) is 0. The van der Waals surface area contributed by atoms with Crippen LogP contribution in [0.1, 0.15) is 46.0 Å². The van der Waals surface area contributed by atoms with E-state index in [1.807, 2.05) is 0 Å². The Bertz CT molecular complexity index is 348. The highest BCUT2D eigenvalue weighted by atomic mass is 32.2. The molecule has 0 saturated heterocycles. The van der Waals surface area contributed by atoms with Gasteiger partial charge in [-0.1, -0.05) is 19.3 Å². The van der Waals surface area contributed by atoms with Crippen LogP contribution in [0.5, 0.6) is 0 Å². The van der Waals surface area contributed by atoms with Crippen molar-refractivity contribution in [2.24, 2.45) is 0 Å². The van der Waals surface area contributed by atoms with Crippen molar-refractivity contribution in [2.75, 3.05) is 0 Å². The summed E-state index contributed by atoms with van der Waals surface area (Å²) in [5.41, 5.74) is -0.846. The molecule has 0 spiro atoms. The van der Waals surface area contributed by atoms with E-state index in [1.165, 1.54) is 0 Å². The molecule has 1 N–H and O–H groups in total. The number of nitrogens with one attached hydrogen (secondary N) is 1. The quantitative estimate of drug-likeness (QED) is 0.799. The van der Waals surface area contributed by atoms with Gasteiger partial charge in [-0.25, -0.2) is 8.42 Å². The highest BCUT2D eigenvalue weighted by Gasteiger charge is 2.36. The minimum atomic E-state index is -3.34. The van der Waals surface area contributed by atoms with Crippen LogP contribution in [-0.2, 0) is 10.0 Å². The molecule has 86 valence electrons. The van der Waals surface area contributed by atoms with Gasteiger partial charge >= 0.3 is 0 Å². The van der Waals surface area contributed by atoms with Gasteiger partial charge in [-0.3, -0.25) is 0 Å². The fourth-order valence-corrected chi connectivity index (χ4v) is 2.81. The lowest BCUT2D eigenvalue weighted by atomic mass is 9.84. The summed E-state index contributed by atoms with van der Waals surface area (Å²) in [5, 5.41) is 8.63. The van der Waals surface area contributed by atoms with Crippen LogP contribution in [0.3, 0.4) is 0 Å². The van der Waals surface area contributed by atoms with E-state index >= 15 is 0 Å². The van der Waals surface area contributed by atoms with E-state index in [0.717, 1.165) is 19.3 Å². The summed E-state index contributed by atoms with van der Waals surface area (Å²) >= 11 is 0. The lowest BCUT2D eigenvalue weighted by Gasteiger charge is -2.31. The molecular weight excluding hydrogens is 212 g/mol. The molecule has 0 radical (unpaired) electrons. The Balaban J connectivity index is 2.82. The smallest absolute Gasteiger partial charge is 0.212 e. The molecule has 0 amide bonds. The van der Waals surface area contributed by atoms with Gasteiger partial charge in [0.1, 0.15) is 5.54 Å². The topological polar surface area (TPSA) is 70.0 Å². The molecule has 0 aromatic heterocycles. The van der Waals surface area contributed by atoms with Crippen LogP contribution in [0, 0.1) is 11.3 Å². The minimum absolute atomic E-state index is 0.482. The predicted molar refractivity (Wildman–Crippen MR) is 58.6 cm³/mol. The largest absolute Gasteiger partial charge is 0.215 e. The molecule has 1 fully saturated rings. The molecule has 0 aliphatic heterocycles. The number of nitrogens with zero attached hydrogens (tertiary/aromatic N) is 1. The van der Waals surface area contributed by atoms with E-state index in [2.05, 4.69) is 10.8 Å². The lowest BCUT2D eigenvalue weighted by molar-refractivity contribution is 0.337. The molecule has 1 rings (SSSR count). The summed E-state index contributed by atoms with van der Waals surface area (Å²) in [6.07, 6.45) is 4.21. The molecule has 0 aromatic rings. The second-order valence-corrected chi connectivity index (χ2v) is 6.69. The van der Waals surface area contributed by atoms with Crippen molar-refractivity contribution in [3.05, 3.63) is 0 Å². The zero-order valence-corrected chi connectivity index (χ0v) is 10.1. The minimum Gasteiger partial charge on any atom is -0.212 e. The summed E-state index contributed by atoms with van der Waals surface area (Å²) in [6, 6.07) is 2.14. The highest BCUT2D eigenvalue weighted by Crippen LogP contribution is 2.28. The van der Waals surface area contributed by atoms with Crippen molar-refractivity contribution >= 4 is 10.0 Å². The van der Waals surface area contributed by atoms with Crippen LogP contribution >= 0.6 is 0 Å². The Morgan fingerprint density at radius 1 is 1.27 bits per heavy atom. The normalized spacial score (nSPS) is 21.2. The summed E-state index contributed by atoms with van der Waals surface area (Å²) in [6.45, 7) is 3.24. The van der Waals surface area contributed by atoms with Gasteiger partial charge in [0.2, 0.25) is 10.0 Å². The van der Waals surface area contributed by atoms with E-state index in [1.54, 1.807) is 13.8 Å². The monoisotopic (exact) mass is 230 g/mol. The standard InChI is InChI=1S/C10H18N2O2S/c1-9(2)15(13,14)12-10(8-11)6-4-3-5-7-10/h9,12H,3-7H2,1-2H3. The van der Waals surface area contributed by atoms with Gasteiger partial charge in [-0.2, -0.15) is 9.98 Å². The Hall–Kier alpha value is -0.600. The van der Waals surface area contributed by atoms with Crippen LogP contribution in [0.15, 0.2) is 0 Å². The van der Waals surface area contributed by atoms with Gasteiger partial charge < -0.3 is 0 Å². The number of hydrogen-bond acceptors (Lipinski definition) is 3. The maximum absolute atomic E-state index is 11.7. The number of rotatable bonds is 3. The molecule has 1 aliphatic rings. The van der Waals surface area contributed by atoms with E-state index < -0.39 is 20.8 Å². The Morgan fingerprint density at radius 2 is 1.80 bits per heavy atom. The first-order valence-electron chi connectivity index (χ1n) is 5.36. The molecule has 0 atom stereocenters. The molecule has 0 unspecified atom stereocenters. The first-order valence-corrected chi connectivity index (χ1v) is 6.90. The third-order valence-corrected chi connectivity index (χ3v) is 4.80. The summed E-state index contributed by atoms with van der Waals surface area (Å²) in [7, 11) is -3.34. The van der Waals surface area contributed by atoms with Crippen LogP contribution < -0.4 is 4.72 Å². The molecule has 5 heteroatoms. The second-order valence-electron chi connectivity index (χ2n) is 4.45. The molecule has 0 bridgehead atoms. The van der Waals surface area contributed by atoms with Crippen molar-refractivity contribution in [1.82, 2.24) is 4.72 Å². The second kappa shape index (κ2) is 4.50. The number of nitriles is 1. The van der Waals surface area contributed by atoms with Crippen LogP contribution in [0.2, 0.25) is 0 Å². The molecular formula is C10H18N2O2S.